The number of aliphatic hydroxyl groups is 2. The average molecular weight is 918 g/mol. The van der Waals surface area contributed by atoms with Gasteiger partial charge in [-0.15, -0.1) is 6.58 Å². The molecule has 0 saturated heterocycles. The fourth-order valence-corrected chi connectivity index (χ4v) is 10.5. The Morgan fingerprint density at radius 3 is 2.32 bits per heavy atom. The predicted molar refractivity (Wildman–Crippen MR) is 253 cm³/mol. The first kappa shape index (κ1) is 50.6. The van der Waals surface area contributed by atoms with Crippen molar-refractivity contribution >= 4 is 17.9 Å². The molecule has 0 aromatic heterocycles. The fraction of sp³-hybridized carbons (Fsp3) is 0.635. The summed E-state index contributed by atoms with van der Waals surface area (Å²) in [6, 6.07) is 10.3. The molecular formula is C52H75N3O11. The number of nitrogens with one attached hydrogen (secondary N) is 1. The number of amides is 2. The lowest BCUT2D eigenvalue weighted by Crippen LogP contribution is -2.70. The SMILES string of the molecule is C=CCO[C@@]12Oc3ccc(OC(=O)NCCCCCCCCCCCC)cc3[C@H]3[C@H](CCCCO)[C@@H](CCCCO)C=C(C(=NOCC)C[C@@H]1N(Cc1ccc4c(c1)OCO4)C(=O)OC)[C@H]32. The molecular weight excluding hydrogens is 843 g/mol. The molecule has 0 unspecified atom stereocenters. The van der Waals surface area contributed by atoms with Crippen LogP contribution < -0.4 is 24.3 Å². The third kappa shape index (κ3) is 12.6. The zero-order valence-corrected chi connectivity index (χ0v) is 39.6. The van der Waals surface area contributed by atoms with Crippen molar-refractivity contribution in [2.24, 2.45) is 22.9 Å². The molecule has 14 nitrogen and oxygen atoms in total. The van der Waals surface area contributed by atoms with Gasteiger partial charge in [0, 0.05) is 44.2 Å². The van der Waals surface area contributed by atoms with E-state index in [9.17, 15) is 19.8 Å². The Hall–Kier alpha value is -4.79. The third-order valence-corrected chi connectivity index (χ3v) is 13.5. The number of rotatable bonds is 28. The van der Waals surface area contributed by atoms with E-state index in [1.54, 1.807) is 17.0 Å². The second-order valence-corrected chi connectivity index (χ2v) is 18.0. The Morgan fingerprint density at radius 2 is 1.61 bits per heavy atom. The number of fused-ring (bicyclic) bond motifs is 3. The first-order chi connectivity index (χ1) is 32.3. The van der Waals surface area contributed by atoms with Crippen LogP contribution in [0.3, 0.4) is 0 Å². The van der Waals surface area contributed by atoms with Crippen LogP contribution in [0.1, 0.15) is 140 Å². The molecule has 1 saturated carbocycles. The number of carbonyl (C=O) groups is 2. The van der Waals surface area contributed by atoms with Crippen molar-refractivity contribution in [1.29, 1.82) is 0 Å². The van der Waals surface area contributed by atoms with Gasteiger partial charge in [-0.2, -0.15) is 0 Å². The maximum Gasteiger partial charge on any atom is 0.412 e. The van der Waals surface area contributed by atoms with Crippen molar-refractivity contribution in [3.05, 3.63) is 71.8 Å². The van der Waals surface area contributed by atoms with Crippen LogP contribution in [0.2, 0.25) is 0 Å². The standard InChI is InChI=1S/C52H75N3O11/c1-5-8-9-10-11-12-13-14-15-18-27-53-50(58)65-39-24-26-44-42(33-39)48-40(22-17-20-29-57)38(21-16-19-28-56)32-41-43(54-64-7-3)34-47(52(66-44,49(41)48)63-30-6-2)55(51(59)60-4)35-37-23-25-45-46(31-37)62-36-61-45/h6,23-26,31-33,38,40,47-49,56-57H,2,5,7-22,27-30,34-36H2,1,3-4H3,(H,53,58)/t38-,40+,47-,48+,49+,52+/m0/s1. The molecule has 14 heteroatoms. The van der Waals surface area contributed by atoms with Gasteiger partial charge in [-0.25, -0.2) is 9.59 Å². The minimum atomic E-state index is -1.49. The molecule has 2 aromatic carbocycles. The van der Waals surface area contributed by atoms with E-state index in [-0.39, 0.29) is 57.3 Å². The zero-order valence-electron chi connectivity index (χ0n) is 39.6. The second-order valence-electron chi connectivity index (χ2n) is 18.0. The van der Waals surface area contributed by atoms with Crippen LogP contribution in [0, 0.1) is 17.8 Å². The molecule has 364 valence electrons. The summed E-state index contributed by atoms with van der Waals surface area (Å²) in [7, 11) is 1.36. The Kier molecular flexibility index (Phi) is 19.9. The maximum atomic E-state index is 14.3. The minimum absolute atomic E-state index is 0.00806. The number of nitrogens with zero attached hydrogens (tertiary/aromatic N) is 2. The van der Waals surface area contributed by atoms with Crippen molar-refractivity contribution in [1.82, 2.24) is 10.2 Å². The molecule has 66 heavy (non-hydrogen) atoms. The van der Waals surface area contributed by atoms with E-state index in [2.05, 4.69) is 24.9 Å². The lowest BCUT2D eigenvalue weighted by atomic mass is 9.55. The van der Waals surface area contributed by atoms with E-state index in [1.165, 1.54) is 52.1 Å². The predicted octanol–water partition coefficient (Wildman–Crippen LogP) is 10.3. The van der Waals surface area contributed by atoms with E-state index < -0.39 is 29.9 Å². The second kappa shape index (κ2) is 25.9. The summed E-state index contributed by atoms with van der Waals surface area (Å²) < 4.78 is 37.2. The van der Waals surface area contributed by atoms with Gasteiger partial charge in [-0.3, -0.25) is 4.90 Å². The molecule has 0 spiro atoms. The fourth-order valence-electron chi connectivity index (χ4n) is 10.5. The quantitative estimate of drug-likeness (QED) is 0.0422. The van der Waals surface area contributed by atoms with Crippen molar-refractivity contribution in [2.75, 3.05) is 46.9 Å². The van der Waals surface area contributed by atoms with Crippen molar-refractivity contribution in [3.63, 3.8) is 0 Å². The highest BCUT2D eigenvalue weighted by Crippen LogP contribution is 2.62. The summed E-state index contributed by atoms with van der Waals surface area (Å²) in [5.41, 5.74) is 3.20. The average Bonchev–Trinajstić information content (AvgIpc) is 3.80. The molecule has 2 heterocycles. The summed E-state index contributed by atoms with van der Waals surface area (Å²) in [4.78, 5) is 35.1. The number of hydrogen-bond acceptors (Lipinski definition) is 12. The van der Waals surface area contributed by atoms with Crippen molar-refractivity contribution in [3.8, 4) is 23.0 Å². The van der Waals surface area contributed by atoms with Crippen LogP contribution in [-0.2, 0) is 20.9 Å². The number of oxime groups is 1. The van der Waals surface area contributed by atoms with Gasteiger partial charge in [-0.05, 0) is 92.3 Å². The molecule has 6 rings (SSSR count). The lowest BCUT2D eigenvalue weighted by molar-refractivity contribution is -0.256. The number of methoxy groups -OCH3 is 1. The number of ether oxygens (including phenoxy) is 6. The Labute approximate surface area is 392 Å². The maximum absolute atomic E-state index is 14.3. The molecule has 0 bridgehead atoms. The largest absolute Gasteiger partial charge is 0.459 e. The Morgan fingerprint density at radius 1 is 0.894 bits per heavy atom. The van der Waals surface area contributed by atoms with Gasteiger partial charge in [0.2, 0.25) is 12.6 Å². The van der Waals surface area contributed by atoms with E-state index in [1.807, 2.05) is 37.3 Å². The van der Waals surface area contributed by atoms with E-state index >= 15 is 0 Å². The highest BCUT2D eigenvalue weighted by molar-refractivity contribution is 6.03. The molecule has 2 aliphatic heterocycles. The van der Waals surface area contributed by atoms with Crippen LogP contribution in [0.25, 0.3) is 0 Å². The molecule has 2 aliphatic carbocycles. The summed E-state index contributed by atoms with van der Waals surface area (Å²) in [5.74, 6) is -0.161. The van der Waals surface area contributed by atoms with Crippen LogP contribution >= 0.6 is 0 Å². The highest BCUT2D eigenvalue weighted by atomic mass is 16.7. The van der Waals surface area contributed by atoms with Gasteiger partial charge >= 0.3 is 12.2 Å². The van der Waals surface area contributed by atoms with Crippen LogP contribution in [0.4, 0.5) is 9.59 Å². The normalized spacial score (nSPS) is 23.0. The molecule has 0 radical (unpaired) electrons. The highest BCUT2D eigenvalue weighted by Gasteiger charge is 2.65. The molecule has 4 aliphatic rings. The number of carbonyl (C=O) groups excluding carboxylic acids is 2. The number of unbranched alkanes of at least 4 members (excludes halogenated alkanes) is 11. The Balaban J connectivity index is 1.38. The molecule has 2 aromatic rings. The smallest absolute Gasteiger partial charge is 0.412 e. The summed E-state index contributed by atoms with van der Waals surface area (Å²) in [6.07, 6.45) is 19.6. The molecule has 3 N–H and O–H groups in total. The minimum Gasteiger partial charge on any atom is -0.459 e. The monoisotopic (exact) mass is 918 g/mol. The van der Waals surface area contributed by atoms with E-state index in [0.717, 1.165) is 61.6 Å². The van der Waals surface area contributed by atoms with E-state index in [4.69, 9.17) is 38.4 Å². The van der Waals surface area contributed by atoms with Crippen molar-refractivity contribution < 1.29 is 53.1 Å². The van der Waals surface area contributed by atoms with Crippen LogP contribution in [-0.4, -0.2) is 91.7 Å². The Bertz CT molecular complexity index is 1940. The topological polar surface area (TPSA) is 167 Å². The zero-order chi connectivity index (χ0) is 46.7. The first-order valence-corrected chi connectivity index (χ1v) is 24.7. The third-order valence-electron chi connectivity index (χ3n) is 13.5. The van der Waals surface area contributed by atoms with Gasteiger partial charge in [0.15, 0.2) is 11.5 Å². The summed E-state index contributed by atoms with van der Waals surface area (Å²) in [6.45, 7) is 9.49. The van der Waals surface area contributed by atoms with Crippen LogP contribution in [0.15, 0.2) is 65.9 Å². The first-order valence-electron chi connectivity index (χ1n) is 24.7. The van der Waals surface area contributed by atoms with E-state index in [0.29, 0.717) is 54.7 Å². The number of benzene rings is 2. The molecule has 6 atom stereocenters. The van der Waals surface area contributed by atoms with Crippen LogP contribution in [0.5, 0.6) is 23.0 Å². The lowest BCUT2D eigenvalue weighted by Gasteiger charge is -2.59. The molecule has 1 fully saturated rings. The summed E-state index contributed by atoms with van der Waals surface area (Å²) in [5, 5.41) is 27.6. The van der Waals surface area contributed by atoms with Gasteiger partial charge < -0.3 is 48.8 Å². The molecule has 2 amide bonds. The van der Waals surface area contributed by atoms with Gasteiger partial charge in [0.1, 0.15) is 24.1 Å². The summed E-state index contributed by atoms with van der Waals surface area (Å²) >= 11 is 0. The number of hydrogen-bond donors (Lipinski definition) is 3. The van der Waals surface area contributed by atoms with Gasteiger partial charge in [0.25, 0.3) is 0 Å². The van der Waals surface area contributed by atoms with Gasteiger partial charge in [-0.1, -0.05) is 101 Å². The van der Waals surface area contributed by atoms with Gasteiger partial charge in [0.05, 0.1) is 25.3 Å². The number of aliphatic hydroxyl groups excluding tert-OH is 2. The van der Waals surface area contributed by atoms with Crippen molar-refractivity contribution in [2.45, 2.75) is 147 Å². The number of allylic oxidation sites excluding steroid dienone is 1.